The van der Waals surface area contributed by atoms with Crippen LogP contribution >= 0.6 is 27.5 Å². The zero-order chi connectivity index (χ0) is 28.9. The van der Waals surface area contributed by atoms with Gasteiger partial charge in [-0.15, -0.1) is 13.2 Å². The molecule has 0 saturated carbocycles. The number of carbonyl (C=O) groups excluding carboxylic acids is 3. The van der Waals surface area contributed by atoms with Crippen molar-refractivity contribution in [3.05, 3.63) is 54.6 Å². The number of likely N-dealkylation sites (tertiary alicyclic amines) is 1. The van der Waals surface area contributed by atoms with E-state index in [1.165, 1.54) is 0 Å². The lowest BCUT2D eigenvalue weighted by atomic mass is 9.70. The topological polar surface area (TPSA) is 96.4 Å². The van der Waals surface area contributed by atoms with E-state index in [-0.39, 0.29) is 36.4 Å². The van der Waals surface area contributed by atoms with Crippen LogP contribution in [0, 0.1) is 11.8 Å². The van der Waals surface area contributed by atoms with Gasteiger partial charge in [-0.05, 0) is 44.2 Å². The molecule has 10 heteroatoms. The fourth-order valence-electron chi connectivity index (χ4n) is 6.42. The number of ether oxygens (including phenoxy) is 2. The third-order valence-electron chi connectivity index (χ3n) is 8.12. The van der Waals surface area contributed by atoms with Crippen LogP contribution in [0.15, 0.2) is 49.6 Å². The van der Waals surface area contributed by atoms with Gasteiger partial charge in [0.25, 0.3) is 5.91 Å². The number of alkyl halides is 1. The minimum atomic E-state index is -1.18. The van der Waals surface area contributed by atoms with E-state index in [4.69, 9.17) is 26.2 Å². The highest BCUT2D eigenvalue weighted by molar-refractivity contribution is 9.09. The molecule has 3 aliphatic heterocycles. The van der Waals surface area contributed by atoms with Crippen LogP contribution in [0.4, 0.5) is 5.69 Å². The monoisotopic (exact) mass is 636 g/mol. The SMILES string of the molecule is C=CCCCOC(=O)[C@H]1[C@H]2C(=O)N(CCCCCCO)C(C(=O)N(CC=C)c3ccccc3Cl)C23CC(Br)[C@@H]1O3. The van der Waals surface area contributed by atoms with Gasteiger partial charge in [0.15, 0.2) is 0 Å². The van der Waals surface area contributed by atoms with E-state index in [0.717, 1.165) is 12.8 Å². The lowest BCUT2D eigenvalue weighted by Gasteiger charge is -2.37. The first-order valence-corrected chi connectivity index (χ1v) is 15.3. The Kier molecular flexibility index (Phi) is 10.5. The summed E-state index contributed by atoms with van der Waals surface area (Å²) in [6.45, 7) is 8.40. The number of allylic oxidation sites excluding steroid dienone is 1. The number of amides is 2. The van der Waals surface area contributed by atoms with E-state index in [1.807, 2.05) is 0 Å². The van der Waals surface area contributed by atoms with E-state index in [1.54, 1.807) is 46.2 Å². The molecule has 2 amide bonds. The number of para-hydroxylation sites is 1. The lowest BCUT2D eigenvalue weighted by molar-refractivity contribution is -0.155. The molecule has 3 saturated heterocycles. The first-order chi connectivity index (χ1) is 19.3. The number of aliphatic hydroxyl groups excluding tert-OH is 1. The average molecular weight is 638 g/mol. The molecule has 0 radical (unpaired) electrons. The molecule has 1 aromatic carbocycles. The molecular formula is C30H38BrClN2O6. The Labute approximate surface area is 249 Å². The summed E-state index contributed by atoms with van der Waals surface area (Å²) in [6, 6.07) is 6.12. The van der Waals surface area contributed by atoms with E-state index >= 15 is 0 Å². The Balaban J connectivity index is 1.69. The van der Waals surface area contributed by atoms with Crippen molar-refractivity contribution in [1.82, 2.24) is 4.90 Å². The fraction of sp³-hybridized carbons (Fsp3) is 0.567. The zero-order valence-electron chi connectivity index (χ0n) is 22.7. The third-order valence-corrected chi connectivity index (χ3v) is 9.28. The number of esters is 1. The van der Waals surface area contributed by atoms with E-state index in [2.05, 4.69) is 29.1 Å². The van der Waals surface area contributed by atoms with E-state index in [0.29, 0.717) is 49.4 Å². The van der Waals surface area contributed by atoms with Crippen molar-refractivity contribution >= 4 is 51.0 Å². The summed E-state index contributed by atoms with van der Waals surface area (Å²) in [5.74, 6) is -2.67. The summed E-state index contributed by atoms with van der Waals surface area (Å²) in [5, 5.41) is 9.56. The van der Waals surface area contributed by atoms with Gasteiger partial charge in [-0.1, -0.05) is 64.7 Å². The minimum absolute atomic E-state index is 0.113. The normalized spacial score (nSPS) is 28.4. The largest absolute Gasteiger partial charge is 0.465 e. The number of hydrogen-bond acceptors (Lipinski definition) is 6. The molecule has 1 aromatic rings. The first-order valence-electron chi connectivity index (χ1n) is 14.0. The van der Waals surface area contributed by atoms with Crippen molar-refractivity contribution in [3.8, 4) is 0 Å². The molecule has 0 aliphatic carbocycles. The molecule has 1 N–H and O–H groups in total. The first kappa shape index (κ1) is 30.8. The van der Waals surface area contributed by atoms with Crippen LogP contribution in [0.2, 0.25) is 5.02 Å². The molecule has 1 spiro atoms. The number of benzene rings is 1. The van der Waals surface area contributed by atoms with Gasteiger partial charge < -0.3 is 24.4 Å². The van der Waals surface area contributed by atoms with Gasteiger partial charge in [-0.3, -0.25) is 14.4 Å². The highest BCUT2D eigenvalue weighted by Crippen LogP contribution is 2.60. The van der Waals surface area contributed by atoms with Crippen LogP contribution in [0.5, 0.6) is 0 Å². The number of hydrogen-bond donors (Lipinski definition) is 1. The molecule has 40 heavy (non-hydrogen) atoms. The Bertz CT molecular complexity index is 1120. The van der Waals surface area contributed by atoms with Crippen LogP contribution in [0.1, 0.15) is 44.9 Å². The second-order valence-corrected chi connectivity index (χ2v) is 12.2. The zero-order valence-corrected chi connectivity index (χ0v) is 25.0. The van der Waals surface area contributed by atoms with Gasteiger partial charge in [0.2, 0.25) is 5.91 Å². The molecule has 0 aromatic heterocycles. The predicted molar refractivity (Wildman–Crippen MR) is 157 cm³/mol. The van der Waals surface area contributed by atoms with Crippen molar-refractivity contribution in [3.63, 3.8) is 0 Å². The van der Waals surface area contributed by atoms with Crippen LogP contribution < -0.4 is 4.90 Å². The molecule has 3 aliphatic rings. The van der Waals surface area contributed by atoms with Crippen LogP contribution in [0.25, 0.3) is 0 Å². The Hall–Kier alpha value is -2.20. The summed E-state index contributed by atoms with van der Waals surface area (Å²) < 4.78 is 12.2. The molecule has 3 heterocycles. The number of anilines is 1. The maximum atomic E-state index is 14.5. The smallest absolute Gasteiger partial charge is 0.312 e. The summed E-state index contributed by atoms with van der Waals surface area (Å²) >= 11 is 10.2. The third kappa shape index (κ3) is 5.75. The number of halogens is 2. The number of unbranched alkanes of at least 4 members (excludes halogenated alkanes) is 4. The highest BCUT2D eigenvalue weighted by Gasteiger charge is 2.77. The molecular weight excluding hydrogens is 600 g/mol. The van der Waals surface area contributed by atoms with E-state index < -0.39 is 35.6 Å². The van der Waals surface area contributed by atoms with Crippen LogP contribution in [-0.4, -0.2) is 76.7 Å². The quantitative estimate of drug-likeness (QED) is 0.130. The number of carbonyl (C=O) groups is 3. The number of nitrogens with zero attached hydrogens (tertiary/aromatic N) is 2. The van der Waals surface area contributed by atoms with Gasteiger partial charge >= 0.3 is 5.97 Å². The highest BCUT2D eigenvalue weighted by atomic mass is 79.9. The Morgan fingerprint density at radius 3 is 2.65 bits per heavy atom. The average Bonchev–Trinajstić information content (AvgIpc) is 3.53. The summed E-state index contributed by atoms with van der Waals surface area (Å²) in [4.78, 5) is 45.0. The van der Waals surface area contributed by atoms with Crippen molar-refractivity contribution in [2.75, 3.05) is 31.2 Å². The minimum Gasteiger partial charge on any atom is -0.465 e. The van der Waals surface area contributed by atoms with Gasteiger partial charge in [0, 0.05) is 24.5 Å². The molecule has 2 bridgehead atoms. The summed E-state index contributed by atoms with van der Waals surface area (Å²) in [5.41, 5.74) is -0.658. The number of rotatable bonds is 15. The van der Waals surface area contributed by atoms with Crippen molar-refractivity contribution in [2.45, 2.75) is 67.5 Å². The van der Waals surface area contributed by atoms with Crippen LogP contribution in [-0.2, 0) is 23.9 Å². The summed E-state index contributed by atoms with van der Waals surface area (Å²) in [7, 11) is 0. The molecule has 4 rings (SSSR count). The Morgan fingerprint density at radius 2 is 1.95 bits per heavy atom. The maximum Gasteiger partial charge on any atom is 0.312 e. The fourth-order valence-corrected chi connectivity index (χ4v) is 7.60. The molecule has 8 nitrogen and oxygen atoms in total. The lowest BCUT2D eigenvalue weighted by Crippen LogP contribution is -2.57. The van der Waals surface area contributed by atoms with Crippen LogP contribution in [0.3, 0.4) is 0 Å². The number of fused-ring (bicyclic) bond motifs is 1. The molecule has 218 valence electrons. The van der Waals surface area contributed by atoms with E-state index in [9.17, 15) is 14.4 Å². The van der Waals surface area contributed by atoms with Gasteiger partial charge in [-0.25, -0.2) is 0 Å². The van der Waals surface area contributed by atoms with Gasteiger partial charge in [0.05, 0.1) is 35.3 Å². The second-order valence-electron chi connectivity index (χ2n) is 10.6. The standard InChI is InChI=1S/C30H38BrClN2O6/c1-3-5-12-18-39-29(38)23-24-27(36)34(16-10-6-7-11-17-35)26(30(24)19-20(31)25(23)40-30)28(37)33(15-4-2)22-14-9-8-13-21(22)32/h3-4,8-9,13-14,20,23-26,35H,1-2,5-7,10-12,15-19H2/t20?,23-,24-,25-,26?,30?/m0/s1. The van der Waals surface area contributed by atoms with Gasteiger partial charge in [-0.2, -0.15) is 0 Å². The number of aliphatic hydroxyl groups is 1. The van der Waals surface area contributed by atoms with Crippen molar-refractivity contribution in [1.29, 1.82) is 0 Å². The molecule has 3 fully saturated rings. The van der Waals surface area contributed by atoms with Crippen molar-refractivity contribution in [2.24, 2.45) is 11.8 Å². The molecule has 6 atom stereocenters. The second kappa shape index (κ2) is 13.6. The predicted octanol–water partition coefficient (Wildman–Crippen LogP) is 4.67. The summed E-state index contributed by atoms with van der Waals surface area (Å²) in [6.07, 6.45) is 7.53. The maximum absolute atomic E-state index is 14.5. The Morgan fingerprint density at radius 1 is 1.20 bits per heavy atom. The molecule has 3 unspecified atom stereocenters. The van der Waals surface area contributed by atoms with Crippen molar-refractivity contribution < 1.29 is 29.0 Å². The van der Waals surface area contributed by atoms with Gasteiger partial charge in [0.1, 0.15) is 11.6 Å².